The standard InChI is InChI=1S/C29H30FN7O/c1-3-4-13-36-18-22(20-11-8-12-31-27(20)36)24-15-26(35(2)17-19-9-6-5-7-10-19)37-28(33-24)21(16-32-37)29(38)34-25-14-23(25)30/h5-12,15-16,18,23,25H,3-4,13-14,17H2,1-2H3,(H,34,38)/t23-,25+/m0/s1. The molecule has 8 nitrogen and oxygen atoms in total. The molecule has 0 unspecified atom stereocenters. The van der Waals surface area contributed by atoms with Gasteiger partial charge in [-0.05, 0) is 24.1 Å². The van der Waals surface area contributed by atoms with Crippen LogP contribution in [0.15, 0.2) is 67.1 Å². The minimum atomic E-state index is -0.987. The lowest BCUT2D eigenvalue weighted by Crippen LogP contribution is -2.27. The van der Waals surface area contributed by atoms with Gasteiger partial charge in [0.2, 0.25) is 0 Å². The first-order valence-corrected chi connectivity index (χ1v) is 13.1. The van der Waals surface area contributed by atoms with Crippen LogP contribution < -0.4 is 10.2 Å². The zero-order chi connectivity index (χ0) is 26.2. The van der Waals surface area contributed by atoms with Gasteiger partial charge >= 0.3 is 0 Å². The van der Waals surface area contributed by atoms with Gasteiger partial charge in [0.05, 0.1) is 17.9 Å². The SMILES string of the molecule is CCCCn1cc(-c2cc(N(C)Cc3ccccc3)n3ncc(C(=O)N[C@@H]4C[C@@H]4F)c3n2)c2cccnc21. The van der Waals surface area contributed by atoms with Crippen LogP contribution >= 0.6 is 0 Å². The fourth-order valence-electron chi connectivity index (χ4n) is 4.84. The number of hydrogen-bond acceptors (Lipinski definition) is 5. The monoisotopic (exact) mass is 511 g/mol. The highest BCUT2D eigenvalue weighted by Crippen LogP contribution is 2.33. The van der Waals surface area contributed by atoms with E-state index in [1.54, 1.807) is 10.7 Å². The second-order valence-corrected chi connectivity index (χ2v) is 9.93. The fraction of sp³-hybridized carbons (Fsp3) is 0.310. The average molecular weight is 512 g/mol. The highest BCUT2D eigenvalue weighted by atomic mass is 19.1. The Hall–Kier alpha value is -4.27. The number of pyridine rings is 1. The van der Waals surface area contributed by atoms with Crippen LogP contribution in [-0.4, -0.2) is 49.3 Å². The van der Waals surface area contributed by atoms with Crippen molar-refractivity contribution in [2.24, 2.45) is 0 Å². The van der Waals surface area contributed by atoms with E-state index >= 15 is 0 Å². The molecule has 1 saturated carbocycles. The molecule has 0 bridgehead atoms. The number of carbonyl (C=O) groups is 1. The van der Waals surface area contributed by atoms with Crippen LogP contribution in [0.1, 0.15) is 42.1 Å². The summed E-state index contributed by atoms with van der Waals surface area (Å²) in [5.74, 6) is 0.430. The molecule has 0 saturated heterocycles. The number of benzene rings is 1. The first-order valence-electron chi connectivity index (χ1n) is 13.1. The van der Waals surface area contributed by atoms with Gasteiger partial charge < -0.3 is 14.8 Å². The molecule has 6 rings (SSSR count). The zero-order valence-corrected chi connectivity index (χ0v) is 21.5. The third kappa shape index (κ3) is 4.49. The summed E-state index contributed by atoms with van der Waals surface area (Å²) in [4.78, 5) is 24.8. The molecule has 1 N–H and O–H groups in total. The van der Waals surface area contributed by atoms with E-state index in [1.165, 1.54) is 6.20 Å². The van der Waals surface area contributed by atoms with E-state index in [0.29, 0.717) is 24.2 Å². The van der Waals surface area contributed by atoms with E-state index in [-0.39, 0.29) is 5.91 Å². The maximum atomic E-state index is 13.5. The average Bonchev–Trinajstić information content (AvgIpc) is 3.31. The molecule has 5 aromatic rings. The van der Waals surface area contributed by atoms with Gasteiger partial charge in [-0.25, -0.2) is 14.4 Å². The zero-order valence-electron chi connectivity index (χ0n) is 21.5. The van der Waals surface area contributed by atoms with E-state index in [0.717, 1.165) is 53.1 Å². The molecule has 2 atom stereocenters. The molecule has 1 aliphatic rings. The number of fused-ring (bicyclic) bond motifs is 2. The first kappa shape index (κ1) is 24.1. The molecule has 1 amide bonds. The number of rotatable bonds is 9. The number of unbranched alkanes of at least 4 members (excludes halogenated alkanes) is 1. The van der Waals surface area contributed by atoms with Crippen molar-refractivity contribution in [1.29, 1.82) is 0 Å². The summed E-state index contributed by atoms with van der Waals surface area (Å²) >= 11 is 0. The molecule has 1 aromatic carbocycles. The topological polar surface area (TPSA) is 80.4 Å². The summed E-state index contributed by atoms with van der Waals surface area (Å²) < 4.78 is 17.4. The van der Waals surface area contributed by atoms with E-state index in [1.807, 2.05) is 37.4 Å². The second kappa shape index (κ2) is 9.89. The first-order chi connectivity index (χ1) is 18.5. The number of nitrogens with zero attached hydrogens (tertiary/aromatic N) is 6. The van der Waals surface area contributed by atoms with Crippen molar-refractivity contribution in [2.75, 3.05) is 11.9 Å². The lowest BCUT2D eigenvalue weighted by atomic mass is 10.1. The maximum Gasteiger partial charge on any atom is 0.257 e. The number of halogens is 1. The Labute approximate surface area is 220 Å². The van der Waals surface area contributed by atoms with Crippen LogP contribution in [-0.2, 0) is 13.1 Å². The second-order valence-electron chi connectivity index (χ2n) is 9.93. The van der Waals surface area contributed by atoms with Crippen LogP contribution in [0.5, 0.6) is 0 Å². The van der Waals surface area contributed by atoms with Crippen LogP contribution in [0.3, 0.4) is 0 Å². The Morgan fingerprint density at radius 1 is 1.18 bits per heavy atom. The maximum absolute atomic E-state index is 13.5. The van der Waals surface area contributed by atoms with Gasteiger partial charge in [-0.15, -0.1) is 0 Å². The number of hydrogen-bond donors (Lipinski definition) is 1. The van der Waals surface area contributed by atoms with Crippen LogP contribution in [0, 0.1) is 0 Å². The molecule has 0 radical (unpaired) electrons. The Kier molecular flexibility index (Phi) is 6.27. The van der Waals surface area contributed by atoms with Crippen molar-refractivity contribution in [3.05, 3.63) is 78.2 Å². The number of aromatic nitrogens is 5. The van der Waals surface area contributed by atoms with Gasteiger partial charge in [-0.2, -0.15) is 9.61 Å². The summed E-state index contributed by atoms with van der Waals surface area (Å²) in [6.07, 6.45) is 6.90. The molecular weight excluding hydrogens is 481 g/mol. The molecule has 38 heavy (non-hydrogen) atoms. The largest absolute Gasteiger partial charge is 0.355 e. The van der Waals surface area contributed by atoms with Gasteiger partial charge in [0.15, 0.2) is 5.65 Å². The summed E-state index contributed by atoms with van der Waals surface area (Å²) in [7, 11) is 2.00. The van der Waals surface area contributed by atoms with E-state index in [9.17, 15) is 9.18 Å². The summed E-state index contributed by atoms with van der Waals surface area (Å²) in [6.45, 7) is 3.68. The molecule has 4 heterocycles. The van der Waals surface area contributed by atoms with E-state index < -0.39 is 12.2 Å². The smallest absolute Gasteiger partial charge is 0.257 e. The van der Waals surface area contributed by atoms with Crippen molar-refractivity contribution < 1.29 is 9.18 Å². The number of carbonyl (C=O) groups excluding carboxylic acids is 1. The van der Waals surface area contributed by atoms with Crippen LogP contribution in [0.2, 0.25) is 0 Å². The Morgan fingerprint density at radius 2 is 2.00 bits per heavy atom. The predicted octanol–water partition coefficient (Wildman–Crippen LogP) is 5.02. The predicted molar refractivity (Wildman–Crippen MR) is 146 cm³/mol. The molecule has 9 heteroatoms. The number of amides is 1. The molecule has 4 aromatic heterocycles. The third-order valence-corrected chi connectivity index (χ3v) is 7.04. The number of alkyl halides is 1. The molecule has 194 valence electrons. The van der Waals surface area contributed by atoms with E-state index in [4.69, 9.17) is 4.98 Å². The van der Waals surface area contributed by atoms with Gasteiger partial charge in [-0.3, -0.25) is 4.79 Å². The number of nitrogens with one attached hydrogen (secondary N) is 1. The minimum Gasteiger partial charge on any atom is -0.355 e. The molecule has 1 aliphatic carbocycles. The Balaban J connectivity index is 1.49. The van der Waals surface area contributed by atoms with Crippen molar-refractivity contribution in [3.8, 4) is 11.3 Å². The van der Waals surface area contributed by atoms with Crippen molar-refractivity contribution in [3.63, 3.8) is 0 Å². The summed E-state index contributed by atoms with van der Waals surface area (Å²) in [5, 5.41) is 8.30. The van der Waals surface area contributed by atoms with Crippen molar-refractivity contribution in [1.82, 2.24) is 29.5 Å². The highest BCUT2D eigenvalue weighted by molar-refractivity contribution is 6.01. The molecular formula is C29H30FN7O. The summed E-state index contributed by atoms with van der Waals surface area (Å²) in [5.41, 5.74) is 4.49. The number of aryl methyl sites for hydroxylation is 1. The molecule has 1 fully saturated rings. The van der Waals surface area contributed by atoms with Crippen LogP contribution in [0.25, 0.3) is 27.9 Å². The van der Waals surface area contributed by atoms with E-state index in [2.05, 4.69) is 56.2 Å². The van der Waals surface area contributed by atoms with Gasteiger partial charge in [0, 0.05) is 56.0 Å². The van der Waals surface area contributed by atoms with Crippen molar-refractivity contribution in [2.45, 2.75) is 51.5 Å². The number of anilines is 1. The molecule has 0 spiro atoms. The highest BCUT2D eigenvalue weighted by Gasteiger charge is 2.39. The Bertz CT molecular complexity index is 1610. The fourth-order valence-corrected chi connectivity index (χ4v) is 4.84. The molecule has 0 aliphatic heterocycles. The Morgan fingerprint density at radius 3 is 2.76 bits per heavy atom. The lowest BCUT2D eigenvalue weighted by Gasteiger charge is -2.21. The normalized spacial score (nSPS) is 16.7. The van der Waals surface area contributed by atoms with Gasteiger partial charge in [0.25, 0.3) is 5.91 Å². The van der Waals surface area contributed by atoms with Crippen LogP contribution in [0.4, 0.5) is 10.2 Å². The van der Waals surface area contributed by atoms with Gasteiger partial charge in [0.1, 0.15) is 23.2 Å². The van der Waals surface area contributed by atoms with Gasteiger partial charge in [-0.1, -0.05) is 43.7 Å². The van der Waals surface area contributed by atoms with Crippen molar-refractivity contribution >= 4 is 28.4 Å². The summed E-state index contributed by atoms with van der Waals surface area (Å²) in [6, 6.07) is 15.7. The lowest BCUT2D eigenvalue weighted by molar-refractivity contribution is 0.0949. The minimum absolute atomic E-state index is 0.327. The quantitative estimate of drug-likeness (QED) is 0.301. The third-order valence-electron chi connectivity index (χ3n) is 7.04.